The number of carbonyl (C=O) groups excluding carboxylic acids is 1. The largest absolute Gasteiger partial charge is 0.508 e. The molecule has 3 unspecified atom stereocenters. The van der Waals surface area contributed by atoms with Gasteiger partial charge in [-0.1, -0.05) is 30.3 Å². The van der Waals surface area contributed by atoms with Crippen molar-refractivity contribution < 1.29 is 9.90 Å². The van der Waals surface area contributed by atoms with Gasteiger partial charge in [-0.3, -0.25) is 14.6 Å². The summed E-state index contributed by atoms with van der Waals surface area (Å²) < 4.78 is 0. The van der Waals surface area contributed by atoms with E-state index in [0.717, 1.165) is 56.6 Å². The molecule has 6 nitrogen and oxygen atoms in total. The third-order valence-electron chi connectivity index (χ3n) is 9.66. The van der Waals surface area contributed by atoms with Gasteiger partial charge < -0.3 is 15.4 Å². The highest BCUT2D eigenvalue weighted by Crippen LogP contribution is 2.51. The van der Waals surface area contributed by atoms with Crippen molar-refractivity contribution in [3.63, 3.8) is 0 Å². The molecule has 4 aliphatic heterocycles. The zero-order valence-electron chi connectivity index (χ0n) is 20.8. The Balaban J connectivity index is 1.18. The molecule has 7 rings (SSSR count). The number of hydrogen-bond donors (Lipinski definition) is 3. The normalized spacial score (nSPS) is 31.9. The van der Waals surface area contributed by atoms with Gasteiger partial charge in [0.15, 0.2) is 0 Å². The fraction of sp³-hybridized carbons (Fsp3) is 0.433. The lowest BCUT2D eigenvalue weighted by Crippen LogP contribution is -2.45. The molecule has 1 aromatic heterocycles. The first-order chi connectivity index (χ1) is 17.5. The van der Waals surface area contributed by atoms with E-state index in [9.17, 15) is 9.90 Å². The summed E-state index contributed by atoms with van der Waals surface area (Å²) in [6, 6.07) is 14.8. The van der Waals surface area contributed by atoms with E-state index in [-0.39, 0.29) is 11.7 Å². The van der Waals surface area contributed by atoms with Crippen molar-refractivity contribution in [1.29, 1.82) is 0 Å². The van der Waals surface area contributed by atoms with Gasteiger partial charge in [0.05, 0.1) is 11.5 Å². The number of rotatable bonds is 3. The monoisotopic (exact) mass is 482 g/mol. The second-order valence-corrected chi connectivity index (χ2v) is 11.5. The molecular weight excluding hydrogens is 448 g/mol. The van der Waals surface area contributed by atoms with Gasteiger partial charge in [0.25, 0.3) is 0 Å². The van der Waals surface area contributed by atoms with E-state index in [1.54, 1.807) is 12.1 Å². The van der Waals surface area contributed by atoms with Gasteiger partial charge in [-0.25, -0.2) is 0 Å². The number of carbonyl (C=O) groups is 1. The van der Waals surface area contributed by atoms with Crippen LogP contribution in [0.15, 0.2) is 55.1 Å². The number of benzene rings is 2. The third kappa shape index (κ3) is 3.14. The van der Waals surface area contributed by atoms with E-state index in [1.807, 2.05) is 6.07 Å². The summed E-state index contributed by atoms with van der Waals surface area (Å²) in [5.74, 6) is 1.20. The van der Waals surface area contributed by atoms with Crippen LogP contribution in [-0.4, -0.2) is 58.5 Å². The maximum Gasteiger partial charge on any atom is 0.236 e. The maximum absolute atomic E-state index is 13.3. The van der Waals surface area contributed by atoms with Crippen molar-refractivity contribution in [2.75, 3.05) is 32.0 Å². The predicted octanol–water partition coefficient (Wildman–Crippen LogP) is 4.58. The highest BCUT2D eigenvalue weighted by atomic mass is 16.3. The van der Waals surface area contributed by atoms with E-state index in [2.05, 4.69) is 64.1 Å². The number of amides is 1. The van der Waals surface area contributed by atoms with Crippen molar-refractivity contribution in [3.05, 3.63) is 71.9 Å². The minimum Gasteiger partial charge on any atom is -0.508 e. The molecule has 186 valence electrons. The number of aromatic amines is 1. The lowest BCUT2D eigenvalue weighted by molar-refractivity contribution is -0.120. The van der Waals surface area contributed by atoms with Crippen molar-refractivity contribution in [3.8, 4) is 5.75 Å². The quantitative estimate of drug-likeness (QED) is 0.478. The van der Waals surface area contributed by atoms with Gasteiger partial charge in [0, 0.05) is 54.0 Å². The van der Waals surface area contributed by atoms with Crippen LogP contribution in [0.3, 0.4) is 0 Å². The second-order valence-electron chi connectivity index (χ2n) is 11.5. The molecular formula is C30H34N4O2. The lowest BCUT2D eigenvalue weighted by Gasteiger charge is -2.43. The minimum absolute atomic E-state index is 0.0823. The lowest BCUT2D eigenvalue weighted by atomic mass is 9.75. The molecule has 0 radical (unpaired) electrons. The summed E-state index contributed by atoms with van der Waals surface area (Å²) in [5, 5.41) is 14.4. The van der Waals surface area contributed by atoms with E-state index >= 15 is 0 Å². The Kier molecular flexibility index (Phi) is 4.89. The first-order valence-corrected chi connectivity index (χ1v) is 13.3. The number of fused-ring (bicyclic) bond motifs is 6. The number of likely N-dealkylation sites (N-methyl/N-ethyl adjacent to an activating group) is 1. The van der Waals surface area contributed by atoms with Crippen LogP contribution < -0.4 is 5.32 Å². The van der Waals surface area contributed by atoms with Crippen LogP contribution in [0, 0.1) is 11.8 Å². The van der Waals surface area contributed by atoms with E-state index in [1.165, 1.54) is 22.2 Å². The van der Waals surface area contributed by atoms with Crippen molar-refractivity contribution in [1.82, 2.24) is 14.8 Å². The Bertz CT molecular complexity index is 1380. The summed E-state index contributed by atoms with van der Waals surface area (Å²) in [4.78, 5) is 22.1. The molecule has 4 aliphatic rings. The van der Waals surface area contributed by atoms with Crippen LogP contribution in [0.2, 0.25) is 0 Å². The van der Waals surface area contributed by atoms with E-state index < -0.39 is 5.41 Å². The number of aromatic hydroxyl groups is 1. The van der Waals surface area contributed by atoms with Crippen LogP contribution in [0.5, 0.6) is 5.75 Å². The average Bonchev–Trinajstić information content (AvgIpc) is 3.51. The predicted molar refractivity (Wildman–Crippen MR) is 142 cm³/mol. The molecule has 1 amide bonds. The summed E-state index contributed by atoms with van der Waals surface area (Å²) in [7, 11) is 2.26. The number of nitrogens with zero attached hydrogens (tertiary/aromatic N) is 2. The number of piperidine rings is 1. The molecule has 2 aromatic carbocycles. The summed E-state index contributed by atoms with van der Waals surface area (Å²) in [6.45, 7) is 7.01. The first-order valence-electron chi connectivity index (χ1n) is 13.3. The van der Waals surface area contributed by atoms with Gasteiger partial charge in [-0.05, 0) is 67.8 Å². The van der Waals surface area contributed by atoms with E-state index in [4.69, 9.17) is 0 Å². The van der Waals surface area contributed by atoms with Gasteiger partial charge in [0.2, 0.25) is 5.91 Å². The summed E-state index contributed by atoms with van der Waals surface area (Å²) in [6.07, 6.45) is 6.27. The fourth-order valence-corrected chi connectivity index (χ4v) is 7.80. The zero-order valence-corrected chi connectivity index (χ0v) is 20.8. The van der Waals surface area contributed by atoms with Crippen LogP contribution >= 0.6 is 0 Å². The molecule has 3 aromatic rings. The summed E-state index contributed by atoms with van der Waals surface area (Å²) >= 11 is 0. The molecule has 2 fully saturated rings. The van der Waals surface area contributed by atoms with Gasteiger partial charge in [0.1, 0.15) is 5.75 Å². The zero-order chi connectivity index (χ0) is 24.6. The number of H-pyrrole nitrogens is 1. The van der Waals surface area contributed by atoms with Gasteiger partial charge in [-0.15, -0.1) is 6.58 Å². The van der Waals surface area contributed by atoms with Crippen molar-refractivity contribution in [2.45, 2.75) is 43.2 Å². The molecule has 36 heavy (non-hydrogen) atoms. The molecule has 0 aliphatic carbocycles. The third-order valence-corrected chi connectivity index (χ3v) is 9.66. The van der Waals surface area contributed by atoms with Crippen LogP contribution in [-0.2, 0) is 16.6 Å². The second kappa shape index (κ2) is 7.95. The number of aromatic nitrogens is 1. The number of phenolic OH excluding ortho intramolecular Hbond substituents is 1. The Morgan fingerprint density at radius 3 is 2.97 bits per heavy atom. The van der Waals surface area contributed by atoms with Gasteiger partial charge >= 0.3 is 0 Å². The van der Waals surface area contributed by atoms with Crippen LogP contribution in [0.25, 0.3) is 10.9 Å². The Morgan fingerprint density at radius 1 is 1.25 bits per heavy atom. The Hall–Kier alpha value is -3.09. The number of para-hydroxylation sites is 1. The Morgan fingerprint density at radius 2 is 2.11 bits per heavy atom. The maximum atomic E-state index is 13.3. The molecule has 0 saturated carbocycles. The average molecular weight is 483 g/mol. The highest BCUT2D eigenvalue weighted by molar-refractivity contribution is 6.07. The van der Waals surface area contributed by atoms with E-state index in [0.29, 0.717) is 23.9 Å². The molecule has 2 saturated heterocycles. The smallest absolute Gasteiger partial charge is 0.236 e. The first kappa shape index (κ1) is 22.1. The van der Waals surface area contributed by atoms with Crippen LogP contribution in [0.4, 0.5) is 5.69 Å². The number of nitrogens with one attached hydrogen (secondary N) is 2. The van der Waals surface area contributed by atoms with Crippen molar-refractivity contribution in [2.24, 2.45) is 11.8 Å². The molecule has 5 atom stereocenters. The summed E-state index contributed by atoms with van der Waals surface area (Å²) in [5.41, 5.74) is 5.42. The number of hydrogen-bond acceptors (Lipinski definition) is 4. The molecule has 1 spiro atoms. The topological polar surface area (TPSA) is 71.6 Å². The number of anilines is 1. The Labute approximate surface area is 212 Å². The van der Waals surface area contributed by atoms with Crippen molar-refractivity contribution >= 4 is 22.5 Å². The SMILES string of the molecule is C=CC1CN2C[C@@]3(CC2CC1C[C@@H]1c2[nH]c4ccccc4c2CCN1C)C(=O)Nc1cc(O)ccc13. The number of phenols is 1. The van der Waals surface area contributed by atoms with Gasteiger partial charge in [-0.2, -0.15) is 0 Å². The van der Waals surface area contributed by atoms with Crippen LogP contribution in [0.1, 0.15) is 42.1 Å². The molecule has 6 heteroatoms. The fourth-order valence-electron chi connectivity index (χ4n) is 7.80. The minimum atomic E-state index is -0.514. The standard InChI is InChI=1S/C30H34N4O2/c1-3-18-16-34-17-30(24-9-8-21(35)14-26(24)32-29(30)36)15-20(34)12-19(18)13-27-28-23(10-11-33(27)2)22-6-4-5-7-25(22)31-28/h3-9,14,18-20,27,31,35H,1,10-13,15-17H2,2H3,(H,32,36)/t18?,19?,20?,27-,30-/m1/s1. The molecule has 5 heterocycles. The molecule has 3 N–H and O–H groups in total. The molecule has 0 bridgehead atoms. The highest BCUT2D eigenvalue weighted by Gasteiger charge is 2.56.